The molecule has 0 saturated heterocycles. The third-order valence-electron chi connectivity index (χ3n) is 2.76. The van der Waals surface area contributed by atoms with Crippen LogP contribution in [0.3, 0.4) is 0 Å². The van der Waals surface area contributed by atoms with Crippen molar-refractivity contribution in [2.75, 3.05) is 10.6 Å². The van der Waals surface area contributed by atoms with Gasteiger partial charge in [-0.25, -0.2) is 0 Å². The number of hydrogen-bond donors (Lipinski definition) is 2. The van der Waals surface area contributed by atoms with Crippen LogP contribution in [0.15, 0.2) is 35.3 Å². The van der Waals surface area contributed by atoms with E-state index in [1.165, 1.54) is 0 Å². The number of aromatic nitrogens is 1. The highest BCUT2D eigenvalue weighted by molar-refractivity contribution is 7.09. The molecule has 2 aromatic heterocycles. The van der Waals surface area contributed by atoms with E-state index in [1.54, 1.807) is 23.7 Å². The van der Waals surface area contributed by atoms with Crippen molar-refractivity contribution >= 4 is 28.6 Å². The van der Waals surface area contributed by atoms with E-state index in [0.29, 0.717) is 6.42 Å². The summed E-state index contributed by atoms with van der Waals surface area (Å²) in [5.74, 6) is 0.0210. The normalized spacial score (nSPS) is 18.1. The van der Waals surface area contributed by atoms with Crippen molar-refractivity contribution in [1.29, 1.82) is 0 Å². The number of nitrogens with zero attached hydrogens (tertiary/aromatic N) is 1. The first kappa shape index (κ1) is 10.3. The molecule has 17 heavy (non-hydrogen) atoms. The number of rotatable bonds is 2. The molecule has 0 bridgehead atoms. The molecule has 1 amide bonds. The number of fused-ring (bicyclic) bond motifs is 1. The van der Waals surface area contributed by atoms with Crippen LogP contribution >= 0.6 is 11.3 Å². The molecule has 0 radical (unpaired) electrons. The Morgan fingerprint density at radius 1 is 1.24 bits per heavy atom. The zero-order valence-corrected chi connectivity index (χ0v) is 9.83. The predicted molar refractivity (Wildman–Crippen MR) is 68.3 cm³/mol. The highest BCUT2D eigenvalue weighted by Crippen LogP contribution is 2.30. The summed E-state index contributed by atoms with van der Waals surface area (Å²) in [5.41, 5.74) is 2.99. The summed E-state index contributed by atoms with van der Waals surface area (Å²) < 4.78 is 0. The topological polar surface area (TPSA) is 54.0 Å². The number of carbonyl (C=O) groups is 1. The summed E-state index contributed by atoms with van der Waals surface area (Å²) in [7, 11) is 0. The lowest BCUT2D eigenvalue weighted by Crippen LogP contribution is -2.39. The van der Waals surface area contributed by atoms with Crippen molar-refractivity contribution in [3.8, 4) is 0 Å². The number of anilines is 2. The molecule has 2 N–H and O–H groups in total. The summed E-state index contributed by atoms with van der Waals surface area (Å²) in [4.78, 5) is 15.8. The van der Waals surface area contributed by atoms with Crippen molar-refractivity contribution in [2.24, 2.45) is 0 Å². The lowest BCUT2D eigenvalue weighted by Gasteiger charge is -2.24. The smallest absolute Gasteiger partial charge is 0.247 e. The van der Waals surface area contributed by atoms with Gasteiger partial charge in [-0.15, -0.1) is 11.3 Å². The van der Waals surface area contributed by atoms with E-state index < -0.39 is 0 Å². The van der Waals surface area contributed by atoms with Crippen LogP contribution in [0.5, 0.6) is 0 Å². The molecule has 0 aliphatic carbocycles. The van der Waals surface area contributed by atoms with Gasteiger partial charge < -0.3 is 10.6 Å². The SMILES string of the molecule is O=C1Nc2cscc2NC1Cc1ccncc1. The number of nitrogens with one attached hydrogen (secondary N) is 2. The van der Waals surface area contributed by atoms with Crippen LogP contribution in [0.4, 0.5) is 11.4 Å². The van der Waals surface area contributed by atoms with E-state index in [1.807, 2.05) is 22.9 Å². The summed E-state index contributed by atoms with van der Waals surface area (Å²) in [5, 5.41) is 10.1. The molecule has 5 heteroatoms. The summed E-state index contributed by atoms with van der Waals surface area (Å²) in [6, 6.07) is 3.65. The van der Waals surface area contributed by atoms with Crippen molar-refractivity contribution in [3.05, 3.63) is 40.8 Å². The molecule has 3 rings (SSSR count). The first-order chi connectivity index (χ1) is 8.33. The molecule has 86 valence electrons. The van der Waals surface area contributed by atoms with Gasteiger partial charge in [0.1, 0.15) is 6.04 Å². The lowest BCUT2D eigenvalue weighted by atomic mass is 10.0. The van der Waals surface area contributed by atoms with Gasteiger partial charge in [-0.2, -0.15) is 0 Å². The fourth-order valence-corrected chi connectivity index (χ4v) is 2.60. The lowest BCUT2D eigenvalue weighted by molar-refractivity contribution is -0.117. The van der Waals surface area contributed by atoms with Gasteiger partial charge in [-0.1, -0.05) is 0 Å². The van der Waals surface area contributed by atoms with E-state index >= 15 is 0 Å². The zero-order valence-electron chi connectivity index (χ0n) is 9.01. The van der Waals surface area contributed by atoms with E-state index in [4.69, 9.17) is 0 Å². The maximum atomic E-state index is 11.9. The number of hydrogen-bond acceptors (Lipinski definition) is 4. The fraction of sp³-hybridized carbons (Fsp3) is 0.167. The van der Waals surface area contributed by atoms with Crippen LogP contribution in [0, 0.1) is 0 Å². The Labute approximate surface area is 103 Å². The van der Waals surface area contributed by atoms with Crippen LogP contribution in [0.25, 0.3) is 0 Å². The van der Waals surface area contributed by atoms with Gasteiger partial charge in [-0.05, 0) is 17.7 Å². The minimum Gasteiger partial charge on any atom is -0.371 e. The molecular formula is C12H11N3OS. The van der Waals surface area contributed by atoms with Crippen molar-refractivity contribution in [2.45, 2.75) is 12.5 Å². The van der Waals surface area contributed by atoms with Crippen molar-refractivity contribution in [1.82, 2.24) is 4.98 Å². The molecule has 0 spiro atoms. The van der Waals surface area contributed by atoms with E-state index in [9.17, 15) is 4.79 Å². The fourth-order valence-electron chi connectivity index (χ4n) is 1.88. The van der Waals surface area contributed by atoms with Gasteiger partial charge in [0.25, 0.3) is 0 Å². The maximum Gasteiger partial charge on any atom is 0.247 e. The number of carbonyl (C=O) groups excluding carboxylic acids is 1. The van der Waals surface area contributed by atoms with Gasteiger partial charge in [0.2, 0.25) is 5.91 Å². The summed E-state index contributed by atoms with van der Waals surface area (Å²) in [6.45, 7) is 0. The van der Waals surface area contributed by atoms with Crippen LogP contribution < -0.4 is 10.6 Å². The van der Waals surface area contributed by atoms with Gasteiger partial charge >= 0.3 is 0 Å². The molecule has 1 aliphatic rings. The summed E-state index contributed by atoms with van der Waals surface area (Å²) >= 11 is 1.58. The standard InChI is InChI=1S/C12H11N3OS/c16-12-9(5-8-1-3-13-4-2-8)14-10-6-17-7-11(10)15-12/h1-4,6-7,9,14H,5H2,(H,15,16). The van der Waals surface area contributed by atoms with Gasteiger partial charge in [-0.3, -0.25) is 9.78 Å². The second kappa shape index (κ2) is 4.18. The summed E-state index contributed by atoms with van der Waals surface area (Å²) in [6.07, 6.45) is 4.15. The quantitative estimate of drug-likeness (QED) is 0.852. The second-order valence-electron chi connectivity index (χ2n) is 3.94. The molecule has 0 saturated carbocycles. The van der Waals surface area contributed by atoms with E-state index in [-0.39, 0.29) is 11.9 Å². The van der Waals surface area contributed by atoms with Gasteiger partial charge in [0, 0.05) is 29.6 Å². The zero-order chi connectivity index (χ0) is 11.7. The number of thiophene rings is 1. The van der Waals surface area contributed by atoms with E-state index in [2.05, 4.69) is 15.6 Å². The molecule has 0 fully saturated rings. The third-order valence-corrected chi connectivity index (χ3v) is 3.50. The second-order valence-corrected chi connectivity index (χ2v) is 4.69. The molecule has 1 atom stereocenters. The molecule has 1 unspecified atom stereocenters. The van der Waals surface area contributed by atoms with Gasteiger partial charge in [0.05, 0.1) is 11.4 Å². The van der Waals surface area contributed by atoms with Crippen LogP contribution in [-0.2, 0) is 11.2 Å². The molecule has 4 nitrogen and oxygen atoms in total. The maximum absolute atomic E-state index is 11.9. The predicted octanol–water partition coefficient (Wildman–Crippen LogP) is 2.12. The Balaban J connectivity index is 1.79. The number of pyridine rings is 1. The highest BCUT2D eigenvalue weighted by atomic mass is 32.1. The Morgan fingerprint density at radius 2 is 2.00 bits per heavy atom. The molecular weight excluding hydrogens is 234 g/mol. The Kier molecular flexibility index (Phi) is 2.53. The van der Waals surface area contributed by atoms with E-state index in [0.717, 1.165) is 16.9 Å². The third kappa shape index (κ3) is 2.01. The van der Waals surface area contributed by atoms with Crippen LogP contribution in [0.1, 0.15) is 5.56 Å². The minimum absolute atomic E-state index is 0.0210. The molecule has 1 aliphatic heterocycles. The van der Waals surface area contributed by atoms with Crippen molar-refractivity contribution < 1.29 is 4.79 Å². The molecule has 2 aromatic rings. The average molecular weight is 245 g/mol. The first-order valence-corrected chi connectivity index (χ1v) is 6.30. The monoisotopic (exact) mass is 245 g/mol. The Hall–Kier alpha value is -1.88. The van der Waals surface area contributed by atoms with Crippen LogP contribution in [-0.4, -0.2) is 16.9 Å². The van der Waals surface area contributed by atoms with Gasteiger partial charge in [0.15, 0.2) is 0 Å². The molecule has 0 aromatic carbocycles. The largest absolute Gasteiger partial charge is 0.371 e. The first-order valence-electron chi connectivity index (χ1n) is 5.35. The average Bonchev–Trinajstić information content (AvgIpc) is 2.78. The Morgan fingerprint density at radius 3 is 2.82 bits per heavy atom. The minimum atomic E-state index is -0.209. The van der Waals surface area contributed by atoms with Crippen molar-refractivity contribution in [3.63, 3.8) is 0 Å². The highest BCUT2D eigenvalue weighted by Gasteiger charge is 2.25. The number of amides is 1. The molecule has 3 heterocycles. The Bertz CT molecular complexity index is 538. The van der Waals surface area contributed by atoms with Crippen LogP contribution in [0.2, 0.25) is 0 Å².